The second-order valence-corrected chi connectivity index (χ2v) is 5.76. The predicted octanol–water partition coefficient (Wildman–Crippen LogP) is 1.72. The summed E-state index contributed by atoms with van der Waals surface area (Å²) >= 11 is 0. The lowest BCUT2D eigenvalue weighted by molar-refractivity contribution is -0.126. The number of nitrogens with two attached hydrogens (primary N) is 1. The number of hydrogen-bond acceptors (Lipinski definition) is 4. The molecule has 21 heavy (non-hydrogen) atoms. The molecule has 5 nitrogen and oxygen atoms in total. The van der Waals surface area contributed by atoms with Gasteiger partial charge in [-0.25, -0.2) is 4.98 Å². The standard InChI is InChI=1S/C15H24N4O.ClH/c1-3-8-15(2,16)14(20)18-12-7-10-19(11-12)13-6-4-5-9-17-13;/h4-6,9,12H,3,7-8,10-11,16H2,1-2H3,(H,18,20);1H. The average Bonchev–Trinajstić information content (AvgIpc) is 2.88. The van der Waals surface area contributed by atoms with E-state index < -0.39 is 5.54 Å². The van der Waals surface area contributed by atoms with E-state index in [1.165, 1.54) is 0 Å². The molecule has 1 aromatic heterocycles. The van der Waals surface area contributed by atoms with Crippen LogP contribution in [0.5, 0.6) is 0 Å². The Hall–Kier alpha value is -1.33. The summed E-state index contributed by atoms with van der Waals surface area (Å²) in [5.41, 5.74) is 5.29. The Labute approximate surface area is 132 Å². The molecule has 6 heteroatoms. The smallest absolute Gasteiger partial charge is 0.240 e. The van der Waals surface area contributed by atoms with Gasteiger partial charge >= 0.3 is 0 Å². The van der Waals surface area contributed by atoms with Crippen LogP contribution in [0.25, 0.3) is 0 Å². The Bertz CT molecular complexity index is 452. The Balaban J connectivity index is 0.00000220. The van der Waals surface area contributed by atoms with Crippen molar-refractivity contribution in [2.75, 3.05) is 18.0 Å². The van der Waals surface area contributed by atoms with Gasteiger partial charge in [0.1, 0.15) is 5.82 Å². The lowest BCUT2D eigenvalue weighted by Gasteiger charge is -2.25. The molecule has 1 saturated heterocycles. The Morgan fingerprint density at radius 1 is 1.57 bits per heavy atom. The lowest BCUT2D eigenvalue weighted by atomic mass is 9.96. The van der Waals surface area contributed by atoms with Crippen molar-refractivity contribution in [1.82, 2.24) is 10.3 Å². The van der Waals surface area contributed by atoms with Crippen LogP contribution in [0.15, 0.2) is 24.4 Å². The monoisotopic (exact) mass is 312 g/mol. The van der Waals surface area contributed by atoms with Gasteiger partial charge in [0.2, 0.25) is 5.91 Å². The summed E-state index contributed by atoms with van der Waals surface area (Å²) in [5, 5.41) is 3.07. The van der Waals surface area contributed by atoms with Crippen LogP contribution in [0.3, 0.4) is 0 Å². The van der Waals surface area contributed by atoms with Crippen molar-refractivity contribution in [3.8, 4) is 0 Å². The molecular weight excluding hydrogens is 288 g/mol. The van der Waals surface area contributed by atoms with Gasteiger partial charge in [0.25, 0.3) is 0 Å². The first-order valence-electron chi connectivity index (χ1n) is 7.29. The Kier molecular flexibility index (Phi) is 6.42. The fourth-order valence-corrected chi connectivity index (χ4v) is 2.61. The number of nitrogens with one attached hydrogen (secondary N) is 1. The number of pyridine rings is 1. The van der Waals surface area contributed by atoms with Crippen molar-refractivity contribution < 1.29 is 4.79 Å². The van der Waals surface area contributed by atoms with Crippen molar-refractivity contribution in [2.45, 2.75) is 44.7 Å². The predicted molar refractivity (Wildman–Crippen MR) is 87.7 cm³/mol. The molecule has 2 heterocycles. The molecule has 0 aromatic carbocycles. The third-order valence-corrected chi connectivity index (χ3v) is 3.78. The van der Waals surface area contributed by atoms with E-state index in [9.17, 15) is 4.79 Å². The number of anilines is 1. The number of amides is 1. The molecule has 1 fully saturated rings. The van der Waals surface area contributed by atoms with E-state index in [4.69, 9.17) is 5.73 Å². The molecule has 1 amide bonds. The van der Waals surface area contributed by atoms with E-state index >= 15 is 0 Å². The maximum Gasteiger partial charge on any atom is 0.240 e. The molecule has 1 aliphatic rings. The molecule has 0 radical (unpaired) electrons. The van der Waals surface area contributed by atoms with E-state index in [0.717, 1.165) is 31.7 Å². The van der Waals surface area contributed by atoms with Crippen LogP contribution in [-0.4, -0.2) is 35.6 Å². The van der Waals surface area contributed by atoms with Gasteiger partial charge in [-0.2, -0.15) is 0 Å². The average molecular weight is 313 g/mol. The number of nitrogens with zero attached hydrogens (tertiary/aromatic N) is 2. The molecular formula is C15H25ClN4O. The fourth-order valence-electron chi connectivity index (χ4n) is 2.61. The van der Waals surface area contributed by atoms with Crippen LogP contribution in [0.2, 0.25) is 0 Å². The van der Waals surface area contributed by atoms with Gasteiger partial charge < -0.3 is 16.0 Å². The Morgan fingerprint density at radius 3 is 2.95 bits per heavy atom. The molecule has 0 saturated carbocycles. The van der Waals surface area contributed by atoms with Crippen molar-refractivity contribution in [3.05, 3.63) is 24.4 Å². The minimum Gasteiger partial charge on any atom is -0.354 e. The first kappa shape index (κ1) is 17.7. The quantitative estimate of drug-likeness (QED) is 0.868. The van der Waals surface area contributed by atoms with Gasteiger partial charge in [0.05, 0.1) is 5.54 Å². The molecule has 3 N–H and O–H groups in total. The molecule has 0 spiro atoms. The maximum atomic E-state index is 12.2. The van der Waals surface area contributed by atoms with Crippen molar-refractivity contribution in [2.24, 2.45) is 5.73 Å². The number of carbonyl (C=O) groups is 1. The summed E-state index contributed by atoms with van der Waals surface area (Å²) in [6.45, 7) is 5.55. The minimum atomic E-state index is -0.771. The van der Waals surface area contributed by atoms with E-state index in [1.54, 1.807) is 13.1 Å². The summed E-state index contributed by atoms with van der Waals surface area (Å²) < 4.78 is 0. The van der Waals surface area contributed by atoms with Gasteiger partial charge in [0, 0.05) is 25.3 Å². The van der Waals surface area contributed by atoms with Gasteiger partial charge in [0.15, 0.2) is 0 Å². The highest BCUT2D eigenvalue weighted by Gasteiger charge is 2.31. The van der Waals surface area contributed by atoms with Crippen LogP contribution in [0.4, 0.5) is 5.82 Å². The van der Waals surface area contributed by atoms with Crippen LogP contribution >= 0.6 is 12.4 Å². The summed E-state index contributed by atoms with van der Waals surface area (Å²) in [6.07, 6.45) is 4.34. The second-order valence-electron chi connectivity index (χ2n) is 5.76. The summed E-state index contributed by atoms with van der Waals surface area (Å²) in [4.78, 5) is 18.7. The summed E-state index contributed by atoms with van der Waals surface area (Å²) in [5.74, 6) is 0.917. The molecule has 1 aromatic rings. The van der Waals surface area contributed by atoms with Gasteiger partial charge in [-0.05, 0) is 31.9 Å². The molecule has 2 unspecified atom stereocenters. The molecule has 0 bridgehead atoms. The number of carbonyl (C=O) groups excluding carboxylic acids is 1. The van der Waals surface area contributed by atoms with Crippen LogP contribution in [-0.2, 0) is 4.79 Å². The summed E-state index contributed by atoms with van der Waals surface area (Å²) in [7, 11) is 0. The highest BCUT2D eigenvalue weighted by atomic mass is 35.5. The number of halogens is 1. The fraction of sp³-hybridized carbons (Fsp3) is 0.600. The molecule has 0 aliphatic carbocycles. The van der Waals surface area contributed by atoms with Crippen molar-refractivity contribution in [3.63, 3.8) is 0 Å². The normalized spacial score (nSPS) is 20.5. The van der Waals surface area contributed by atoms with E-state index in [1.807, 2.05) is 25.1 Å². The van der Waals surface area contributed by atoms with Crippen LogP contribution in [0, 0.1) is 0 Å². The third-order valence-electron chi connectivity index (χ3n) is 3.78. The topological polar surface area (TPSA) is 71.2 Å². The largest absolute Gasteiger partial charge is 0.354 e. The highest BCUT2D eigenvalue weighted by Crippen LogP contribution is 2.18. The van der Waals surface area contributed by atoms with E-state index in [2.05, 4.69) is 15.2 Å². The lowest BCUT2D eigenvalue weighted by Crippen LogP contribution is -2.54. The number of rotatable bonds is 5. The van der Waals surface area contributed by atoms with Gasteiger partial charge in [-0.1, -0.05) is 19.4 Å². The summed E-state index contributed by atoms with van der Waals surface area (Å²) in [6, 6.07) is 6.04. The SMILES string of the molecule is CCCC(C)(N)C(=O)NC1CCN(c2ccccn2)C1.Cl. The number of hydrogen-bond donors (Lipinski definition) is 2. The van der Waals surface area contributed by atoms with E-state index in [0.29, 0.717) is 6.42 Å². The third kappa shape index (κ3) is 4.58. The maximum absolute atomic E-state index is 12.2. The van der Waals surface area contributed by atoms with Crippen LogP contribution in [0.1, 0.15) is 33.1 Å². The number of aromatic nitrogens is 1. The minimum absolute atomic E-state index is 0. The van der Waals surface area contributed by atoms with Gasteiger partial charge in [-0.15, -0.1) is 12.4 Å². The first-order chi connectivity index (χ1) is 9.53. The second kappa shape index (κ2) is 7.61. The zero-order valence-electron chi connectivity index (χ0n) is 12.7. The van der Waals surface area contributed by atoms with Crippen LogP contribution < -0.4 is 16.0 Å². The van der Waals surface area contributed by atoms with Crippen molar-refractivity contribution in [1.29, 1.82) is 0 Å². The zero-order chi connectivity index (χ0) is 14.6. The molecule has 118 valence electrons. The molecule has 1 aliphatic heterocycles. The first-order valence-corrected chi connectivity index (χ1v) is 7.29. The highest BCUT2D eigenvalue weighted by molar-refractivity contribution is 5.86. The Morgan fingerprint density at radius 2 is 2.33 bits per heavy atom. The van der Waals surface area contributed by atoms with E-state index in [-0.39, 0.29) is 24.4 Å². The molecule has 2 rings (SSSR count). The zero-order valence-corrected chi connectivity index (χ0v) is 13.5. The molecule has 2 atom stereocenters. The van der Waals surface area contributed by atoms with Gasteiger partial charge in [-0.3, -0.25) is 4.79 Å². The van der Waals surface area contributed by atoms with Crippen molar-refractivity contribution >= 4 is 24.1 Å².